The first-order valence-electron chi connectivity index (χ1n) is 6.11. The third-order valence-electron chi connectivity index (χ3n) is 2.16. The van der Waals surface area contributed by atoms with Crippen molar-refractivity contribution < 1.29 is 9.53 Å². The minimum atomic E-state index is -0.487. The van der Waals surface area contributed by atoms with Gasteiger partial charge in [0, 0.05) is 11.7 Å². The lowest BCUT2D eigenvalue weighted by Crippen LogP contribution is -2.27. The minimum absolute atomic E-state index is 0.134. The van der Waals surface area contributed by atoms with Crippen LogP contribution in [0.2, 0.25) is 0 Å². The van der Waals surface area contributed by atoms with E-state index >= 15 is 0 Å². The molecule has 0 aliphatic heterocycles. The summed E-state index contributed by atoms with van der Waals surface area (Å²) in [6, 6.07) is 7.74. The predicted molar refractivity (Wildman–Crippen MR) is 73.7 cm³/mol. The lowest BCUT2D eigenvalue weighted by Gasteiger charge is -2.19. The van der Waals surface area contributed by atoms with E-state index in [4.69, 9.17) is 10.5 Å². The van der Waals surface area contributed by atoms with Gasteiger partial charge in [0.05, 0.1) is 0 Å². The molecule has 100 valence electrons. The number of amides is 1. The fourth-order valence-corrected chi connectivity index (χ4v) is 1.52. The second-order valence-electron chi connectivity index (χ2n) is 5.51. The Morgan fingerprint density at radius 1 is 1.33 bits per heavy atom. The van der Waals surface area contributed by atoms with Crippen LogP contribution < -0.4 is 11.1 Å². The summed E-state index contributed by atoms with van der Waals surface area (Å²) < 4.78 is 5.17. The maximum absolute atomic E-state index is 11.5. The van der Waals surface area contributed by atoms with Gasteiger partial charge >= 0.3 is 6.09 Å². The van der Waals surface area contributed by atoms with Gasteiger partial charge < -0.3 is 10.5 Å². The average molecular weight is 250 g/mol. The summed E-state index contributed by atoms with van der Waals surface area (Å²) in [5.74, 6) is 0. The predicted octanol–water partition coefficient (Wildman–Crippen LogP) is 2.92. The zero-order valence-electron chi connectivity index (χ0n) is 11.5. The second-order valence-corrected chi connectivity index (χ2v) is 5.51. The van der Waals surface area contributed by atoms with E-state index in [9.17, 15) is 4.79 Å². The van der Waals surface area contributed by atoms with E-state index in [0.29, 0.717) is 0 Å². The van der Waals surface area contributed by atoms with Gasteiger partial charge in [0.15, 0.2) is 0 Å². The lowest BCUT2D eigenvalue weighted by molar-refractivity contribution is 0.0636. The van der Waals surface area contributed by atoms with Gasteiger partial charge in [-0.1, -0.05) is 12.1 Å². The van der Waals surface area contributed by atoms with Crippen LogP contribution in [-0.2, 0) is 11.2 Å². The van der Waals surface area contributed by atoms with Crippen LogP contribution >= 0.6 is 0 Å². The van der Waals surface area contributed by atoms with E-state index < -0.39 is 11.7 Å². The second kappa shape index (κ2) is 5.87. The average Bonchev–Trinajstić information content (AvgIpc) is 2.17. The molecule has 1 aromatic carbocycles. The maximum Gasteiger partial charge on any atom is 0.412 e. The number of hydrogen-bond donors (Lipinski definition) is 2. The number of anilines is 1. The molecule has 1 amide bonds. The van der Waals surface area contributed by atoms with Crippen LogP contribution in [-0.4, -0.2) is 17.7 Å². The molecule has 0 heterocycles. The van der Waals surface area contributed by atoms with Gasteiger partial charge in [0.1, 0.15) is 5.60 Å². The number of carbonyl (C=O) groups excluding carboxylic acids is 1. The number of hydrogen-bond acceptors (Lipinski definition) is 3. The molecule has 0 aromatic heterocycles. The van der Waals surface area contributed by atoms with Crippen molar-refractivity contribution in [3.63, 3.8) is 0 Å². The van der Waals surface area contributed by atoms with Crippen molar-refractivity contribution in [3.05, 3.63) is 29.8 Å². The van der Waals surface area contributed by atoms with Gasteiger partial charge in [0.2, 0.25) is 0 Å². The van der Waals surface area contributed by atoms with Crippen LogP contribution in [0, 0.1) is 0 Å². The summed E-state index contributed by atoms with van der Waals surface area (Å²) in [6.07, 6.45) is 0.384. The zero-order chi connectivity index (χ0) is 13.8. The van der Waals surface area contributed by atoms with Crippen molar-refractivity contribution >= 4 is 11.8 Å². The third kappa shape index (κ3) is 5.68. The highest BCUT2D eigenvalue weighted by Crippen LogP contribution is 2.13. The van der Waals surface area contributed by atoms with Crippen molar-refractivity contribution in [1.29, 1.82) is 0 Å². The number of rotatable bonds is 3. The molecule has 0 saturated carbocycles. The Bertz CT molecular complexity index is 391. The van der Waals surface area contributed by atoms with Crippen LogP contribution in [0.1, 0.15) is 33.3 Å². The topological polar surface area (TPSA) is 64.3 Å². The highest BCUT2D eigenvalue weighted by molar-refractivity contribution is 5.84. The Morgan fingerprint density at radius 2 is 1.89 bits per heavy atom. The van der Waals surface area contributed by atoms with Crippen LogP contribution in [0.25, 0.3) is 0 Å². The maximum atomic E-state index is 11.5. The van der Waals surface area contributed by atoms with E-state index in [0.717, 1.165) is 17.7 Å². The summed E-state index contributed by atoms with van der Waals surface area (Å²) in [7, 11) is 0. The fraction of sp³-hybridized carbons (Fsp3) is 0.500. The summed E-state index contributed by atoms with van der Waals surface area (Å²) in [4.78, 5) is 11.5. The standard InChI is InChI=1S/C14H22N2O2/c1-10(15)9-11-5-7-12(8-6-11)16-13(17)18-14(2,3)4/h5-8,10H,9,15H2,1-4H3,(H,16,17)/t10-/m0/s1. The number of nitrogens with one attached hydrogen (secondary N) is 1. The molecule has 1 atom stereocenters. The largest absolute Gasteiger partial charge is 0.444 e. The van der Waals surface area contributed by atoms with E-state index in [2.05, 4.69) is 5.32 Å². The number of ether oxygens (including phenoxy) is 1. The normalized spacial score (nSPS) is 12.9. The van der Waals surface area contributed by atoms with Crippen LogP contribution in [0.15, 0.2) is 24.3 Å². The summed E-state index contributed by atoms with van der Waals surface area (Å²) in [5, 5.41) is 2.69. The SMILES string of the molecule is C[C@H](N)Cc1ccc(NC(=O)OC(C)(C)C)cc1. The van der Waals surface area contributed by atoms with Gasteiger partial charge in [0.25, 0.3) is 0 Å². The van der Waals surface area contributed by atoms with E-state index in [1.54, 1.807) is 0 Å². The molecular weight excluding hydrogens is 228 g/mol. The van der Waals surface area contributed by atoms with Crippen LogP contribution in [0.5, 0.6) is 0 Å². The monoisotopic (exact) mass is 250 g/mol. The van der Waals surface area contributed by atoms with Gasteiger partial charge in [-0.2, -0.15) is 0 Å². The third-order valence-corrected chi connectivity index (χ3v) is 2.16. The molecule has 0 saturated heterocycles. The fourth-order valence-electron chi connectivity index (χ4n) is 1.52. The molecule has 0 unspecified atom stereocenters. The van der Waals surface area contributed by atoms with Crippen molar-refractivity contribution in [2.45, 2.75) is 45.8 Å². The summed E-state index contributed by atoms with van der Waals surface area (Å²) in [5.41, 5.74) is 7.11. The quantitative estimate of drug-likeness (QED) is 0.867. The molecule has 0 radical (unpaired) electrons. The molecule has 0 bridgehead atoms. The molecule has 0 aliphatic carbocycles. The minimum Gasteiger partial charge on any atom is -0.444 e. The Balaban J connectivity index is 2.56. The Kier molecular flexibility index (Phi) is 4.73. The highest BCUT2D eigenvalue weighted by Gasteiger charge is 2.15. The first kappa shape index (κ1) is 14.5. The molecular formula is C14H22N2O2. The van der Waals surface area contributed by atoms with Crippen molar-refractivity contribution in [3.8, 4) is 0 Å². The van der Waals surface area contributed by atoms with E-state index in [1.807, 2.05) is 52.0 Å². The number of carbonyl (C=O) groups is 1. The Labute approximate surface area is 109 Å². The van der Waals surface area contributed by atoms with Gasteiger partial charge in [-0.3, -0.25) is 5.32 Å². The summed E-state index contributed by atoms with van der Waals surface area (Å²) >= 11 is 0. The van der Waals surface area contributed by atoms with Gasteiger partial charge in [-0.15, -0.1) is 0 Å². The molecule has 18 heavy (non-hydrogen) atoms. The van der Waals surface area contributed by atoms with Crippen LogP contribution in [0.3, 0.4) is 0 Å². The molecule has 0 aliphatic rings. The summed E-state index contributed by atoms with van der Waals surface area (Å²) in [6.45, 7) is 7.46. The van der Waals surface area contributed by atoms with E-state index in [-0.39, 0.29) is 6.04 Å². The first-order chi connectivity index (χ1) is 8.26. The first-order valence-corrected chi connectivity index (χ1v) is 6.11. The molecule has 1 aromatic rings. The molecule has 1 rings (SSSR count). The molecule has 4 heteroatoms. The van der Waals surface area contributed by atoms with Gasteiger partial charge in [-0.25, -0.2) is 4.79 Å². The smallest absolute Gasteiger partial charge is 0.412 e. The van der Waals surface area contributed by atoms with Gasteiger partial charge in [-0.05, 0) is 51.8 Å². The molecule has 0 spiro atoms. The number of nitrogens with two attached hydrogens (primary N) is 1. The zero-order valence-corrected chi connectivity index (χ0v) is 11.5. The van der Waals surface area contributed by atoms with Crippen molar-refractivity contribution in [2.24, 2.45) is 5.73 Å². The molecule has 4 nitrogen and oxygen atoms in total. The molecule has 0 fully saturated rings. The Hall–Kier alpha value is -1.55. The van der Waals surface area contributed by atoms with Crippen molar-refractivity contribution in [2.75, 3.05) is 5.32 Å². The Morgan fingerprint density at radius 3 is 2.33 bits per heavy atom. The highest BCUT2D eigenvalue weighted by atomic mass is 16.6. The lowest BCUT2D eigenvalue weighted by atomic mass is 10.1. The van der Waals surface area contributed by atoms with Crippen LogP contribution in [0.4, 0.5) is 10.5 Å². The van der Waals surface area contributed by atoms with E-state index in [1.165, 1.54) is 0 Å². The molecule has 3 N–H and O–H groups in total. The van der Waals surface area contributed by atoms with Crippen molar-refractivity contribution in [1.82, 2.24) is 0 Å². The number of benzene rings is 1.